The summed E-state index contributed by atoms with van der Waals surface area (Å²) in [6.45, 7) is 1.67. The van der Waals surface area contributed by atoms with E-state index in [-0.39, 0.29) is 5.56 Å². The molecular formula is C10H11FO2. The lowest BCUT2D eigenvalue weighted by Crippen LogP contribution is -2.20. The minimum Gasteiger partial charge on any atom is -0.385 e. The maximum absolute atomic E-state index is 13.0. The Morgan fingerprint density at radius 2 is 2.15 bits per heavy atom. The van der Waals surface area contributed by atoms with Crippen molar-refractivity contribution < 1.29 is 14.3 Å². The van der Waals surface area contributed by atoms with Gasteiger partial charge in [0.1, 0.15) is 11.9 Å². The molecule has 0 aromatic heterocycles. The first-order valence-corrected chi connectivity index (χ1v) is 4.13. The molecule has 13 heavy (non-hydrogen) atoms. The standard InChI is InChI=1S/C10H11FO2/c1-2-9(12)10(13)7-5-3-4-6-8(7)11/h3-6,9,12H,2H2,1H3. The van der Waals surface area contributed by atoms with Crippen LogP contribution in [0.2, 0.25) is 0 Å². The third-order valence-corrected chi connectivity index (χ3v) is 1.83. The van der Waals surface area contributed by atoms with Crippen molar-refractivity contribution in [1.82, 2.24) is 0 Å². The second kappa shape index (κ2) is 4.14. The van der Waals surface area contributed by atoms with E-state index in [1.54, 1.807) is 13.0 Å². The summed E-state index contributed by atoms with van der Waals surface area (Å²) in [5.74, 6) is -1.14. The fourth-order valence-electron chi connectivity index (χ4n) is 1.03. The Kier molecular flexibility index (Phi) is 3.14. The molecule has 1 unspecified atom stereocenters. The fraction of sp³-hybridized carbons (Fsp3) is 0.300. The predicted molar refractivity (Wildman–Crippen MR) is 47.0 cm³/mol. The van der Waals surface area contributed by atoms with Gasteiger partial charge in [0.15, 0.2) is 5.78 Å². The van der Waals surface area contributed by atoms with Gasteiger partial charge < -0.3 is 5.11 Å². The van der Waals surface area contributed by atoms with Crippen LogP contribution in [-0.4, -0.2) is 17.0 Å². The number of aliphatic hydroxyl groups excluding tert-OH is 1. The first-order valence-electron chi connectivity index (χ1n) is 4.13. The molecule has 0 saturated heterocycles. The summed E-state index contributed by atoms with van der Waals surface area (Å²) in [7, 11) is 0. The van der Waals surface area contributed by atoms with Crippen molar-refractivity contribution in [2.24, 2.45) is 0 Å². The summed E-state index contributed by atoms with van der Waals surface area (Å²) in [5, 5.41) is 9.19. The van der Waals surface area contributed by atoms with Crippen LogP contribution < -0.4 is 0 Å². The van der Waals surface area contributed by atoms with Gasteiger partial charge >= 0.3 is 0 Å². The van der Waals surface area contributed by atoms with E-state index < -0.39 is 17.7 Å². The molecule has 0 aliphatic rings. The Balaban J connectivity index is 2.95. The second-order valence-corrected chi connectivity index (χ2v) is 2.77. The third kappa shape index (κ3) is 2.12. The maximum atomic E-state index is 13.0. The molecule has 0 saturated carbocycles. The Morgan fingerprint density at radius 3 is 2.69 bits per heavy atom. The minimum absolute atomic E-state index is 0.0446. The van der Waals surface area contributed by atoms with E-state index in [1.807, 2.05) is 0 Å². The van der Waals surface area contributed by atoms with Crippen molar-refractivity contribution in [2.45, 2.75) is 19.4 Å². The van der Waals surface area contributed by atoms with Gasteiger partial charge in [-0.2, -0.15) is 0 Å². The molecule has 70 valence electrons. The van der Waals surface area contributed by atoms with E-state index in [9.17, 15) is 14.3 Å². The zero-order chi connectivity index (χ0) is 9.84. The molecule has 0 spiro atoms. The van der Waals surface area contributed by atoms with Crippen molar-refractivity contribution >= 4 is 5.78 Å². The Bertz CT molecular complexity index is 310. The first-order chi connectivity index (χ1) is 6.16. The highest BCUT2D eigenvalue weighted by Gasteiger charge is 2.17. The minimum atomic E-state index is -1.10. The third-order valence-electron chi connectivity index (χ3n) is 1.83. The summed E-state index contributed by atoms with van der Waals surface area (Å²) >= 11 is 0. The van der Waals surface area contributed by atoms with E-state index in [2.05, 4.69) is 0 Å². The van der Waals surface area contributed by atoms with Crippen LogP contribution in [0.25, 0.3) is 0 Å². The molecule has 0 amide bonds. The quantitative estimate of drug-likeness (QED) is 0.723. The lowest BCUT2D eigenvalue weighted by Gasteiger charge is -2.06. The monoisotopic (exact) mass is 182 g/mol. The van der Waals surface area contributed by atoms with Crippen molar-refractivity contribution in [1.29, 1.82) is 0 Å². The number of benzene rings is 1. The number of carbonyl (C=O) groups is 1. The molecule has 1 aromatic carbocycles. The number of halogens is 1. The van der Waals surface area contributed by atoms with E-state index >= 15 is 0 Å². The number of aliphatic hydroxyl groups is 1. The van der Waals surface area contributed by atoms with Gasteiger partial charge in [0.2, 0.25) is 0 Å². The van der Waals surface area contributed by atoms with E-state index in [0.29, 0.717) is 6.42 Å². The smallest absolute Gasteiger partial charge is 0.194 e. The van der Waals surface area contributed by atoms with E-state index in [1.165, 1.54) is 18.2 Å². The molecule has 1 aromatic rings. The molecular weight excluding hydrogens is 171 g/mol. The number of hydrogen-bond donors (Lipinski definition) is 1. The van der Waals surface area contributed by atoms with Gasteiger partial charge in [-0.25, -0.2) is 4.39 Å². The zero-order valence-corrected chi connectivity index (χ0v) is 7.33. The summed E-state index contributed by atoms with van der Waals surface area (Å²) in [6, 6.07) is 5.65. The molecule has 0 radical (unpaired) electrons. The molecule has 0 fully saturated rings. The van der Waals surface area contributed by atoms with Crippen LogP contribution in [-0.2, 0) is 0 Å². The number of Topliss-reactive ketones (excluding diaryl/α,β-unsaturated/α-hetero) is 1. The zero-order valence-electron chi connectivity index (χ0n) is 7.33. The Morgan fingerprint density at radius 1 is 1.54 bits per heavy atom. The molecule has 0 aliphatic carbocycles. The number of hydrogen-bond acceptors (Lipinski definition) is 2. The molecule has 0 bridgehead atoms. The lowest BCUT2D eigenvalue weighted by atomic mass is 10.0. The van der Waals surface area contributed by atoms with Gasteiger partial charge in [-0.1, -0.05) is 19.1 Å². The van der Waals surface area contributed by atoms with Gasteiger partial charge in [-0.15, -0.1) is 0 Å². The normalized spacial score (nSPS) is 12.5. The van der Waals surface area contributed by atoms with Crippen molar-refractivity contribution in [3.8, 4) is 0 Å². The maximum Gasteiger partial charge on any atom is 0.194 e. The Hall–Kier alpha value is -1.22. The molecule has 1 N–H and O–H groups in total. The van der Waals surface area contributed by atoms with Gasteiger partial charge in [-0.05, 0) is 18.6 Å². The van der Waals surface area contributed by atoms with Crippen LogP contribution in [0.4, 0.5) is 4.39 Å². The van der Waals surface area contributed by atoms with Crippen molar-refractivity contribution in [3.63, 3.8) is 0 Å². The number of ketones is 1. The average molecular weight is 182 g/mol. The molecule has 0 aliphatic heterocycles. The van der Waals surface area contributed by atoms with Crippen LogP contribution in [0.15, 0.2) is 24.3 Å². The number of carbonyl (C=O) groups excluding carboxylic acids is 1. The highest BCUT2D eigenvalue weighted by Crippen LogP contribution is 2.10. The van der Waals surface area contributed by atoms with Crippen LogP contribution >= 0.6 is 0 Å². The van der Waals surface area contributed by atoms with Crippen LogP contribution in [0, 0.1) is 5.82 Å². The first kappa shape index (κ1) is 9.86. The Labute approximate surface area is 76.0 Å². The van der Waals surface area contributed by atoms with Crippen LogP contribution in [0.5, 0.6) is 0 Å². The summed E-state index contributed by atoms with van der Waals surface area (Å²) in [4.78, 5) is 11.3. The fourth-order valence-corrected chi connectivity index (χ4v) is 1.03. The van der Waals surface area contributed by atoms with Gasteiger partial charge in [-0.3, -0.25) is 4.79 Å². The van der Waals surface area contributed by atoms with E-state index in [4.69, 9.17) is 0 Å². The van der Waals surface area contributed by atoms with Gasteiger partial charge in [0, 0.05) is 0 Å². The molecule has 3 heteroatoms. The topological polar surface area (TPSA) is 37.3 Å². The molecule has 1 rings (SSSR count). The molecule has 0 heterocycles. The summed E-state index contributed by atoms with van der Waals surface area (Å²) < 4.78 is 13.0. The van der Waals surface area contributed by atoms with Crippen LogP contribution in [0.1, 0.15) is 23.7 Å². The summed E-state index contributed by atoms with van der Waals surface area (Å²) in [6.07, 6.45) is -0.801. The van der Waals surface area contributed by atoms with E-state index in [0.717, 1.165) is 0 Å². The number of rotatable bonds is 3. The van der Waals surface area contributed by atoms with Gasteiger partial charge in [0.05, 0.1) is 5.56 Å². The SMILES string of the molecule is CCC(O)C(=O)c1ccccc1F. The lowest BCUT2D eigenvalue weighted by molar-refractivity contribution is 0.0736. The highest BCUT2D eigenvalue weighted by atomic mass is 19.1. The highest BCUT2D eigenvalue weighted by molar-refractivity contribution is 5.99. The predicted octanol–water partition coefficient (Wildman–Crippen LogP) is 1.78. The largest absolute Gasteiger partial charge is 0.385 e. The summed E-state index contributed by atoms with van der Waals surface area (Å²) in [5.41, 5.74) is -0.0446. The van der Waals surface area contributed by atoms with Gasteiger partial charge in [0.25, 0.3) is 0 Å². The molecule has 1 atom stereocenters. The average Bonchev–Trinajstić information content (AvgIpc) is 2.16. The van der Waals surface area contributed by atoms with Crippen molar-refractivity contribution in [3.05, 3.63) is 35.6 Å². The molecule has 2 nitrogen and oxygen atoms in total. The second-order valence-electron chi connectivity index (χ2n) is 2.77. The van der Waals surface area contributed by atoms with Crippen LogP contribution in [0.3, 0.4) is 0 Å². The van der Waals surface area contributed by atoms with Crippen molar-refractivity contribution in [2.75, 3.05) is 0 Å².